The molecule has 3 atom stereocenters. The van der Waals surface area contributed by atoms with Gasteiger partial charge in [-0.05, 0) is 38.1 Å². The molecular weight excluding hydrogens is 264 g/mol. The molecule has 0 radical (unpaired) electrons. The van der Waals surface area contributed by atoms with E-state index in [-0.39, 0.29) is 6.10 Å². The zero-order valence-electron chi connectivity index (χ0n) is 13.3. The Labute approximate surface area is 128 Å². The van der Waals surface area contributed by atoms with E-state index in [1.54, 1.807) is 0 Å². The first-order valence-electron chi connectivity index (χ1n) is 8.63. The quantitative estimate of drug-likeness (QED) is 0.616. The van der Waals surface area contributed by atoms with Crippen LogP contribution in [0.1, 0.15) is 39.0 Å². The molecule has 0 aromatic carbocycles. The van der Waals surface area contributed by atoms with E-state index in [0.717, 1.165) is 32.2 Å². The summed E-state index contributed by atoms with van der Waals surface area (Å²) in [6, 6.07) is 0.652. The lowest BCUT2D eigenvalue weighted by atomic mass is 10.0. The minimum atomic E-state index is 0.222. The zero-order chi connectivity index (χ0) is 14.7. The van der Waals surface area contributed by atoms with Crippen LogP contribution in [0.2, 0.25) is 0 Å². The van der Waals surface area contributed by atoms with Gasteiger partial charge in [-0.2, -0.15) is 0 Å². The molecular formula is C16H30N4O. The van der Waals surface area contributed by atoms with Gasteiger partial charge in [-0.25, -0.2) is 0 Å². The SMILES string of the molecule is C[C@@H]1CCCN(C(N)=NC[C@H]2CN3CCCC[C@@H]3CO2)C1. The fourth-order valence-electron chi connectivity index (χ4n) is 3.85. The summed E-state index contributed by atoms with van der Waals surface area (Å²) in [5, 5.41) is 0. The maximum atomic E-state index is 6.17. The van der Waals surface area contributed by atoms with Crippen LogP contribution < -0.4 is 5.73 Å². The maximum absolute atomic E-state index is 6.17. The van der Waals surface area contributed by atoms with Gasteiger partial charge in [0.2, 0.25) is 0 Å². The Balaban J connectivity index is 1.48. The van der Waals surface area contributed by atoms with Crippen molar-refractivity contribution in [1.29, 1.82) is 0 Å². The molecule has 3 heterocycles. The van der Waals surface area contributed by atoms with Crippen LogP contribution in [0.3, 0.4) is 0 Å². The fraction of sp³-hybridized carbons (Fsp3) is 0.938. The second-order valence-electron chi connectivity index (χ2n) is 6.99. The highest BCUT2D eigenvalue weighted by Gasteiger charge is 2.30. The van der Waals surface area contributed by atoms with E-state index >= 15 is 0 Å². The van der Waals surface area contributed by atoms with Crippen LogP contribution in [0.5, 0.6) is 0 Å². The van der Waals surface area contributed by atoms with Gasteiger partial charge in [0.05, 0.1) is 19.3 Å². The lowest BCUT2D eigenvalue weighted by Crippen LogP contribution is -2.52. The summed E-state index contributed by atoms with van der Waals surface area (Å²) >= 11 is 0. The molecule has 0 aromatic rings. The van der Waals surface area contributed by atoms with Crippen molar-refractivity contribution in [2.24, 2.45) is 16.6 Å². The molecule has 0 amide bonds. The molecule has 0 aromatic heterocycles. The molecule has 3 rings (SSSR count). The largest absolute Gasteiger partial charge is 0.373 e. The molecule has 0 saturated carbocycles. The van der Waals surface area contributed by atoms with Gasteiger partial charge in [0.1, 0.15) is 0 Å². The van der Waals surface area contributed by atoms with Crippen LogP contribution in [0.25, 0.3) is 0 Å². The Kier molecular flexibility index (Phi) is 5.01. The molecule has 3 fully saturated rings. The van der Waals surface area contributed by atoms with Gasteiger partial charge in [-0.1, -0.05) is 13.3 Å². The van der Waals surface area contributed by atoms with Crippen molar-refractivity contribution in [3.63, 3.8) is 0 Å². The Hall–Kier alpha value is -0.810. The molecule has 0 spiro atoms. The van der Waals surface area contributed by atoms with Crippen molar-refractivity contribution in [2.75, 3.05) is 39.3 Å². The molecule has 0 aliphatic carbocycles. The Bertz CT molecular complexity index is 373. The minimum Gasteiger partial charge on any atom is -0.373 e. The summed E-state index contributed by atoms with van der Waals surface area (Å²) in [6.45, 7) is 8.24. The Morgan fingerprint density at radius 2 is 2.10 bits per heavy atom. The molecule has 0 unspecified atom stereocenters. The second kappa shape index (κ2) is 6.97. The number of hydrogen-bond acceptors (Lipinski definition) is 3. The van der Waals surface area contributed by atoms with E-state index in [1.165, 1.54) is 38.6 Å². The van der Waals surface area contributed by atoms with Crippen LogP contribution in [-0.2, 0) is 4.74 Å². The van der Waals surface area contributed by atoms with Gasteiger partial charge in [-0.3, -0.25) is 9.89 Å². The number of likely N-dealkylation sites (tertiary alicyclic amines) is 1. The third kappa shape index (κ3) is 3.89. The minimum absolute atomic E-state index is 0.222. The smallest absolute Gasteiger partial charge is 0.191 e. The predicted octanol–water partition coefficient (Wildman–Crippen LogP) is 1.29. The van der Waals surface area contributed by atoms with Crippen LogP contribution in [0.15, 0.2) is 4.99 Å². The van der Waals surface area contributed by atoms with Crippen molar-refractivity contribution in [2.45, 2.75) is 51.2 Å². The number of piperidine rings is 2. The van der Waals surface area contributed by atoms with Crippen LogP contribution in [0, 0.1) is 5.92 Å². The summed E-state index contributed by atoms with van der Waals surface area (Å²) in [5.41, 5.74) is 6.17. The van der Waals surface area contributed by atoms with Gasteiger partial charge in [0.15, 0.2) is 5.96 Å². The number of nitrogens with zero attached hydrogens (tertiary/aromatic N) is 3. The van der Waals surface area contributed by atoms with Crippen LogP contribution in [0.4, 0.5) is 0 Å². The molecule has 2 N–H and O–H groups in total. The molecule has 5 heteroatoms. The van der Waals surface area contributed by atoms with E-state index in [1.807, 2.05) is 0 Å². The standard InChI is InChI=1S/C16H30N4O/c1-13-5-4-8-20(10-13)16(17)18-9-15-11-19-7-3-2-6-14(19)12-21-15/h13-15H,2-12H2,1H3,(H2,17,18)/t13-,14-,15+/m1/s1. The number of guanidine groups is 1. The fourth-order valence-corrected chi connectivity index (χ4v) is 3.85. The molecule has 0 bridgehead atoms. The monoisotopic (exact) mass is 294 g/mol. The molecule has 21 heavy (non-hydrogen) atoms. The topological polar surface area (TPSA) is 54.1 Å². The van der Waals surface area contributed by atoms with Crippen molar-refractivity contribution in [3.05, 3.63) is 0 Å². The average molecular weight is 294 g/mol. The van der Waals surface area contributed by atoms with Gasteiger partial charge in [-0.15, -0.1) is 0 Å². The Morgan fingerprint density at radius 3 is 2.95 bits per heavy atom. The highest BCUT2D eigenvalue weighted by Crippen LogP contribution is 2.22. The summed E-state index contributed by atoms with van der Waals surface area (Å²) in [6.07, 6.45) is 6.75. The number of fused-ring (bicyclic) bond motifs is 1. The first-order valence-corrected chi connectivity index (χ1v) is 8.63. The van der Waals surface area contributed by atoms with E-state index in [2.05, 4.69) is 21.7 Å². The Morgan fingerprint density at radius 1 is 1.19 bits per heavy atom. The lowest BCUT2D eigenvalue weighted by Gasteiger charge is -2.42. The van der Waals surface area contributed by atoms with Gasteiger partial charge >= 0.3 is 0 Å². The first-order chi connectivity index (χ1) is 10.2. The summed E-state index contributed by atoms with van der Waals surface area (Å²) in [5.74, 6) is 1.44. The van der Waals surface area contributed by atoms with Crippen molar-refractivity contribution in [3.8, 4) is 0 Å². The molecule has 5 nitrogen and oxygen atoms in total. The summed E-state index contributed by atoms with van der Waals surface area (Å²) in [7, 11) is 0. The number of aliphatic imine (C=N–C) groups is 1. The number of morpholine rings is 1. The molecule has 3 aliphatic rings. The molecule has 3 aliphatic heterocycles. The first kappa shape index (κ1) is 15.1. The molecule has 120 valence electrons. The number of nitrogens with two attached hydrogens (primary N) is 1. The third-order valence-corrected chi connectivity index (χ3v) is 5.15. The van der Waals surface area contributed by atoms with E-state index in [4.69, 9.17) is 10.5 Å². The van der Waals surface area contributed by atoms with Crippen molar-refractivity contribution in [1.82, 2.24) is 9.80 Å². The van der Waals surface area contributed by atoms with E-state index in [0.29, 0.717) is 18.5 Å². The normalized spacial score (nSPS) is 35.6. The second-order valence-corrected chi connectivity index (χ2v) is 6.99. The van der Waals surface area contributed by atoms with Crippen molar-refractivity contribution < 1.29 is 4.74 Å². The van der Waals surface area contributed by atoms with Crippen molar-refractivity contribution >= 4 is 5.96 Å². The highest BCUT2D eigenvalue weighted by atomic mass is 16.5. The average Bonchev–Trinajstić information content (AvgIpc) is 2.52. The number of rotatable bonds is 2. The van der Waals surface area contributed by atoms with E-state index < -0.39 is 0 Å². The van der Waals surface area contributed by atoms with Crippen LogP contribution >= 0.6 is 0 Å². The van der Waals surface area contributed by atoms with Gasteiger partial charge in [0.25, 0.3) is 0 Å². The maximum Gasteiger partial charge on any atom is 0.191 e. The summed E-state index contributed by atoms with van der Waals surface area (Å²) < 4.78 is 5.98. The number of hydrogen-bond donors (Lipinski definition) is 1. The highest BCUT2D eigenvalue weighted by molar-refractivity contribution is 5.78. The summed E-state index contributed by atoms with van der Waals surface area (Å²) in [4.78, 5) is 9.44. The predicted molar refractivity (Wildman–Crippen MR) is 85.4 cm³/mol. The molecule has 3 saturated heterocycles. The van der Waals surface area contributed by atoms with E-state index in [9.17, 15) is 0 Å². The third-order valence-electron chi connectivity index (χ3n) is 5.15. The van der Waals surface area contributed by atoms with Gasteiger partial charge in [0, 0.05) is 25.7 Å². The number of ether oxygens (including phenoxy) is 1. The zero-order valence-corrected chi connectivity index (χ0v) is 13.3. The lowest BCUT2D eigenvalue weighted by molar-refractivity contribution is -0.0703. The van der Waals surface area contributed by atoms with Gasteiger partial charge < -0.3 is 15.4 Å². The van der Waals surface area contributed by atoms with Crippen LogP contribution in [-0.4, -0.2) is 67.2 Å².